The Hall–Kier alpha value is -1.11. The normalized spacial score (nSPS) is 16.5. The highest BCUT2D eigenvalue weighted by Crippen LogP contribution is 2.25. The molecular formula is C12H18N2O3S. The predicted molar refractivity (Wildman–Crippen MR) is 70.6 cm³/mol. The first kappa shape index (κ1) is 13.3. The number of ether oxygens (including phenoxy) is 1. The number of nitrogen functional groups attached to an aromatic ring is 1. The summed E-state index contributed by atoms with van der Waals surface area (Å²) >= 11 is 0. The summed E-state index contributed by atoms with van der Waals surface area (Å²) in [6.45, 7) is 1.10. The van der Waals surface area contributed by atoms with E-state index in [2.05, 4.69) is 0 Å². The lowest BCUT2D eigenvalue weighted by Crippen LogP contribution is -2.38. The molecule has 0 atom stereocenters. The second-order valence-electron chi connectivity index (χ2n) is 4.38. The molecule has 0 fully saturated rings. The highest BCUT2D eigenvalue weighted by Gasteiger charge is 2.27. The molecule has 0 bridgehead atoms. The van der Waals surface area contributed by atoms with Crippen LogP contribution in [0.25, 0.3) is 0 Å². The number of hydrogen-bond donors (Lipinski definition) is 1. The molecule has 18 heavy (non-hydrogen) atoms. The van der Waals surface area contributed by atoms with Crippen LogP contribution in [-0.2, 0) is 27.7 Å². The van der Waals surface area contributed by atoms with Gasteiger partial charge in [0, 0.05) is 25.9 Å². The summed E-state index contributed by atoms with van der Waals surface area (Å²) in [6, 6.07) is 5.72. The Morgan fingerprint density at radius 1 is 1.44 bits per heavy atom. The van der Waals surface area contributed by atoms with Gasteiger partial charge in [-0.15, -0.1) is 0 Å². The summed E-state index contributed by atoms with van der Waals surface area (Å²) in [7, 11) is -1.75. The van der Waals surface area contributed by atoms with Crippen LogP contribution in [0.15, 0.2) is 18.2 Å². The standard InChI is InChI=1S/C12H18N2O3S/c1-17-7-8-18(15,16)14-6-5-10-3-2-4-12(13)11(10)9-14/h2-4H,5-9,13H2,1H3. The van der Waals surface area contributed by atoms with Crippen LogP contribution in [0.2, 0.25) is 0 Å². The fourth-order valence-corrected chi connectivity index (χ4v) is 3.47. The first-order chi connectivity index (χ1) is 8.54. The minimum atomic E-state index is -3.25. The minimum Gasteiger partial charge on any atom is -0.398 e. The third-order valence-corrected chi connectivity index (χ3v) is 4.99. The van der Waals surface area contributed by atoms with Crippen LogP contribution in [0.3, 0.4) is 0 Å². The van der Waals surface area contributed by atoms with Crippen molar-refractivity contribution in [3.63, 3.8) is 0 Å². The number of hydrogen-bond acceptors (Lipinski definition) is 4. The van der Waals surface area contributed by atoms with E-state index in [9.17, 15) is 8.42 Å². The molecule has 2 rings (SSSR count). The summed E-state index contributed by atoms with van der Waals surface area (Å²) in [6.07, 6.45) is 0.715. The number of rotatable bonds is 4. The molecular weight excluding hydrogens is 252 g/mol. The van der Waals surface area contributed by atoms with Crippen LogP contribution >= 0.6 is 0 Å². The SMILES string of the molecule is COCCS(=O)(=O)N1CCc2cccc(N)c2C1. The molecule has 1 heterocycles. The lowest BCUT2D eigenvalue weighted by atomic mass is 10.00. The van der Waals surface area contributed by atoms with Crippen molar-refractivity contribution in [1.29, 1.82) is 0 Å². The van der Waals surface area contributed by atoms with Gasteiger partial charge in [0.25, 0.3) is 0 Å². The smallest absolute Gasteiger partial charge is 0.216 e. The molecule has 1 aliphatic heterocycles. The van der Waals surface area contributed by atoms with Crippen molar-refractivity contribution in [2.24, 2.45) is 0 Å². The second-order valence-corrected chi connectivity index (χ2v) is 6.47. The molecule has 0 aliphatic carbocycles. The van der Waals surface area contributed by atoms with Crippen molar-refractivity contribution in [3.05, 3.63) is 29.3 Å². The van der Waals surface area contributed by atoms with Crippen LogP contribution < -0.4 is 5.73 Å². The lowest BCUT2D eigenvalue weighted by Gasteiger charge is -2.28. The molecule has 0 unspecified atom stereocenters. The molecule has 5 nitrogen and oxygen atoms in total. The van der Waals surface area contributed by atoms with E-state index >= 15 is 0 Å². The van der Waals surface area contributed by atoms with E-state index in [0.717, 1.165) is 11.1 Å². The van der Waals surface area contributed by atoms with Crippen molar-refractivity contribution in [2.45, 2.75) is 13.0 Å². The number of sulfonamides is 1. The zero-order valence-electron chi connectivity index (χ0n) is 10.4. The molecule has 100 valence electrons. The minimum absolute atomic E-state index is 0.0194. The van der Waals surface area contributed by atoms with Crippen molar-refractivity contribution < 1.29 is 13.2 Å². The highest BCUT2D eigenvalue weighted by atomic mass is 32.2. The van der Waals surface area contributed by atoms with Gasteiger partial charge in [0.2, 0.25) is 10.0 Å². The molecule has 2 N–H and O–H groups in total. The molecule has 1 aromatic carbocycles. The Morgan fingerprint density at radius 2 is 2.22 bits per heavy atom. The van der Waals surface area contributed by atoms with Gasteiger partial charge in [-0.05, 0) is 23.6 Å². The fraction of sp³-hybridized carbons (Fsp3) is 0.500. The Labute approximate surface area is 108 Å². The number of nitrogens with zero attached hydrogens (tertiary/aromatic N) is 1. The van der Waals surface area contributed by atoms with Gasteiger partial charge in [-0.1, -0.05) is 12.1 Å². The summed E-state index contributed by atoms with van der Waals surface area (Å²) in [5.41, 5.74) is 8.65. The number of nitrogens with two attached hydrogens (primary N) is 1. The van der Waals surface area contributed by atoms with Gasteiger partial charge in [0.05, 0.1) is 12.4 Å². The molecule has 1 aromatic rings. The van der Waals surface area contributed by atoms with E-state index in [0.29, 0.717) is 25.2 Å². The maximum atomic E-state index is 12.1. The van der Waals surface area contributed by atoms with Gasteiger partial charge >= 0.3 is 0 Å². The van der Waals surface area contributed by atoms with Crippen LogP contribution in [0.5, 0.6) is 0 Å². The van der Waals surface area contributed by atoms with Crippen LogP contribution in [-0.4, -0.2) is 38.7 Å². The van der Waals surface area contributed by atoms with Gasteiger partial charge in [-0.3, -0.25) is 0 Å². The first-order valence-electron chi connectivity index (χ1n) is 5.87. The first-order valence-corrected chi connectivity index (χ1v) is 7.48. The Kier molecular flexibility index (Phi) is 3.89. The summed E-state index contributed by atoms with van der Waals surface area (Å²) in [5.74, 6) is 0.0194. The van der Waals surface area contributed by atoms with E-state index in [-0.39, 0.29) is 12.4 Å². The average molecular weight is 270 g/mol. The van der Waals surface area contributed by atoms with Crippen molar-refractivity contribution >= 4 is 15.7 Å². The zero-order valence-corrected chi connectivity index (χ0v) is 11.2. The summed E-state index contributed by atoms with van der Waals surface area (Å²) in [4.78, 5) is 0. The van der Waals surface area contributed by atoms with Crippen LogP contribution in [0.1, 0.15) is 11.1 Å². The highest BCUT2D eigenvalue weighted by molar-refractivity contribution is 7.89. The molecule has 0 radical (unpaired) electrons. The topological polar surface area (TPSA) is 72.6 Å². The molecule has 0 saturated heterocycles. The van der Waals surface area contributed by atoms with E-state index in [4.69, 9.17) is 10.5 Å². The number of methoxy groups -OCH3 is 1. The van der Waals surface area contributed by atoms with Gasteiger partial charge < -0.3 is 10.5 Å². The molecule has 0 spiro atoms. The molecule has 1 aliphatic rings. The van der Waals surface area contributed by atoms with Crippen LogP contribution in [0, 0.1) is 0 Å². The fourth-order valence-electron chi connectivity index (χ4n) is 2.14. The van der Waals surface area contributed by atoms with Gasteiger partial charge in [-0.2, -0.15) is 4.31 Å². The molecule has 6 heteroatoms. The lowest BCUT2D eigenvalue weighted by molar-refractivity contribution is 0.215. The number of fused-ring (bicyclic) bond motifs is 1. The second kappa shape index (κ2) is 5.26. The van der Waals surface area contributed by atoms with Crippen LogP contribution in [0.4, 0.5) is 5.69 Å². The Morgan fingerprint density at radius 3 is 2.94 bits per heavy atom. The maximum Gasteiger partial charge on any atom is 0.216 e. The molecule has 0 aromatic heterocycles. The third-order valence-electron chi connectivity index (χ3n) is 3.21. The van der Waals surface area contributed by atoms with Gasteiger partial charge in [-0.25, -0.2) is 8.42 Å². The quantitative estimate of drug-likeness (QED) is 0.813. The van der Waals surface area contributed by atoms with E-state index in [1.54, 1.807) is 0 Å². The maximum absolute atomic E-state index is 12.1. The summed E-state index contributed by atoms with van der Waals surface area (Å²) < 4.78 is 30.5. The van der Waals surface area contributed by atoms with Gasteiger partial charge in [0.15, 0.2) is 0 Å². The van der Waals surface area contributed by atoms with Crippen molar-refractivity contribution in [1.82, 2.24) is 4.31 Å². The third kappa shape index (κ3) is 2.66. The van der Waals surface area contributed by atoms with E-state index < -0.39 is 10.0 Å². The number of benzene rings is 1. The van der Waals surface area contributed by atoms with E-state index in [1.165, 1.54) is 11.4 Å². The monoisotopic (exact) mass is 270 g/mol. The Balaban J connectivity index is 2.19. The Bertz CT molecular complexity index is 528. The zero-order chi connectivity index (χ0) is 13.2. The van der Waals surface area contributed by atoms with E-state index in [1.807, 2.05) is 18.2 Å². The van der Waals surface area contributed by atoms with Crippen molar-refractivity contribution in [2.75, 3.05) is 31.7 Å². The molecule has 0 saturated carbocycles. The average Bonchev–Trinajstić information content (AvgIpc) is 2.36. The summed E-state index contributed by atoms with van der Waals surface area (Å²) in [5, 5.41) is 0. The predicted octanol–water partition coefficient (Wildman–Crippen LogP) is 0.603. The number of anilines is 1. The van der Waals surface area contributed by atoms with Crippen molar-refractivity contribution in [3.8, 4) is 0 Å². The largest absolute Gasteiger partial charge is 0.398 e. The molecule has 0 amide bonds. The van der Waals surface area contributed by atoms with Gasteiger partial charge in [0.1, 0.15) is 0 Å².